The van der Waals surface area contributed by atoms with E-state index < -0.39 is 6.10 Å². The van der Waals surface area contributed by atoms with Crippen molar-refractivity contribution in [3.05, 3.63) is 0 Å². The number of hydrogen-bond donors (Lipinski definition) is 1. The molecule has 1 saturated carbocycles. The first-order chi connectivity index (χ1) is 5.27. The van der Waals surface area contributed by atoms with Gasteiger partial charge < -0.3 is 14.6 Å². The number of ether oxygens (including phenoxy) is 1. The van der Waals surface area contributed by atoms with Crippen molar-refractivity contribution in [3.63, 3.8) is 0 Å². The molecule has 0 amide bonds. The Morgan fingerprint density at radius 2 is 2.27 bits per heavy atom. The second kappa shape index (κ2) is 3.83. The van der Waals surface area contributed by atoms with Crippen LogP contribution in [0.5, 0.6) is 0 Å². The van der Waals surface area contributed by atoms with Gasteiger partial charge in [0.05, 0.1) is 12.2 Å². The first-order valence-corrected chi connectivity index (χ1v) is 3.94. The van der Waals surface area contributed by atoms with E-state index >= 15 is 0 Å². The first-order valence-electron chi connectivity index (χ1n) is 3.94. The van der Waals surface area contributed by atoms with Crippen molar-refractivity contribution in [2.45, 2.75) is 31.5 Å². The molecule has 1 aliphatic rings. The highest BCUT2D eigenvalue weighted by atomic mass is 16.5. The maximum atomic E-state index is 10.3. The largest absolute Gasteiger partial charge is 0.390 e. The van der Waals surface area contributed by atoms with Crippen molar-refractivity contribution < 1.29 is 14.6 Å². The highest BCUT2D eigenvalue weighted by Crippen LogP contribution is 2.24. The zero-order valence-corrected chi connectivity index (χ0v) is 6.69. The zero-order valence-electron chi connectivity index (χ0n) is 6.69. The van der Waals surface area contributed by atoms with Crippen molar-refractivity contribution in [1.82, 2.24) is 0 Å². The molecule has 3 unspecified atom stereocenters. The summed E-state index contributed by atoms with van der Waals surface area (Å²) in [6, 6.07) is 0. The molecule has 0 spiro atoms. The number of aliphatic hydroxyl groups is 1. The van der Waals surface area contributed by atoms with Crippen LogP contribution in [0.2, 0.25) is 0 Å². The van der Waals surface area contributed by atoms with Crippen molar-refractivity contribution in [1.29, 1.82) is 0 Å². The summed E-state index contributed by atoms with van der Waals surface area (Å²) in [5.74, 6) is 0.0383. The molecule has 0 aromatic carbocycles. The Kier molecular flexibility index (Phi) is 3.02. The van der Waals surface area contributed by atoms with Crippen LogP contribution in [0, 0.1) is 5.92 Å². The number of carbonyl (C=O) groups excluding carboxylic acids is 1. The van der Waals surface area contributed by atoms with E-state index in [0.29, 0.717) is 6.42 Å². The smallest absolute Gasteiger partial charge is 0.123 e. The average Bonchev–Trinajstić information content (AvgIpc) is 2.04. The lowest BCUT2D eigenvalue weighted by molar-refractivity contribution is -0.116. The molecule has 64 valence electrons. The Hall–Kier alpha value is -0.410. The van der Waals surface area contributed by atoms with Crippen LogP contribution in [0.4, 0.5) is 0 Å². The number of methoxy groups -OCH3 is 1. The summed E-state index contributed by atoms with van der Waals surface area (Å²) in [5.41, 5.74) is 0. The number of aldehydes is 1. The summed E-state index contributed by atoms with van der Waals surface area (Å²) in [4.78, 5) is 10.3. The van der Waals surface area contributed by atoms with Gasteiger partial charge in [-0.3, -0.25) is 0 Å². The standard InChI is InChI=1S/C8H14O3/c1-11-8-3-2-6(5-9)4-7(8)10/h5-8,10H,2-4H2,1H3. The Labute approximate surface area is 66.4 Å². The van der Waals surface area contributed by atoms with E-state index in [1.165, 1.54) is 0 Å². The minimum Gasteiger partial charge on any atom is -0.390 e. The van der Waals surface area contributed by atoms with Gasteiger partial charge in [0.25, 0.3) is 0 Å². The fourth-order valence-corrected chi connectivity index (χ4v) is 1.55. The summed E-state index contributed by atoms with van der Waals surface area (Å²) >= 11 is 0. The lowest BCUT2D eigenvalue weighted by Crippen LogP contribution is -2.35. The molecule has 0 aliphatic heterocycles. The molecule has 1 fully saturated rings. The molecule has 0 saturated heterocycles. The minimum absolute atomic E-state index is 0.0383. The number of rotatable bonds is 2. The number of aliphatic hydroxyl groups excluding tert-OH is 1. The Bertz CT molecular complexity index is 135. The van der Waals surface area contributed by atoms with E-state index in [4.69, 9.17) is 4.74 Å². The van der Waals surface area contributed by atoms with Gasteiger partial charge in [0.15, 0.2) is 0 Å². The predicted octanol–water partition coefficient (Wildman–Crippen LogP) is 0.361. The minimum atomic E-state index is -0.455. The van der Waals surface area contributed by atoms with Crippen LogP contribution in [0.1, 0.15) is 19.3 Å². The van der Waals surface area contributed by atoms with E-state index in [-0.39, 0.29) is 12.0 Å². The van der Waals surface area contributed by atoms with Gasteiger partial charge >= 0.3 is 0 Å². The maximum Gasteiger partial charge on any atom is 0.123 e. The second-order valence-electron chi connectivity index (χ2n) is 3.05. The molecule has 0 bridgehead atoms. The summed E-state index contributed by atoms with van der Waals surface area (Å²) in [6.45, 7) is 0. The third-order valence-corrected chi connectivity index (χ3v) is 2.29. The van der Waals surface area contributed by atoms with Gasteiger partial charge in [0.2, 0.25) is 0 Å². The predicted molar refractivity (Wildman–Crippen MR) is 40.2 cm³/mol. The number of carbonyl (C=O) groups is 1. The van der Waals surface area contributed by atoms with Crippen molar-refractivity contribution in [3.8, 4) is 0 Å². The molecule has 0 aromatic heterocycles. The molecule has 1 N–H and O–H groups in total. The number of hydrogen-bond acceptors (Lipinski definition) is 3. The molecular weight excluding hydrogens is 144 g/mol. The fraction of sp³-hybridized carbons (Fsp3) is 0.875. The van der Waals surface area contributed by atoms with Gasteiger partial charge in [0.1, 0.15) is 6.29 Å². The van der Waals surface area contributed by atoms with Gasteiger partial charge in [-0.05, 0) is 19.3 Å². The summed E-state index contributed by atoms with van der Waals surface area (Å²) in [6.07, 6.45) is 2.60. The molecular formula is C8H14O3. The molecule has 11 heavy (non-hydrogen) atoms. The normalized spacial score (nSPS) is 38.5. The summed E-state index contributed by atoms with van der Waals surface area (Å²) in [7, 11) is 1.59. The van der Waals surface area contributed by atoms with E-state index in [1.807, 2.05) is 0 Å². The van der Waals surface area contributed by atoms with Crippen LogP contribution in [0.25, 0.3) is 0 Å². The Morgan fingerprint density at radius 3 is 2.73 bits per heavy atom. The van der Waals surface area contributed by atoms with Gasteiger partial charge in [0, 0.05) is 13.0 Å². The van der Waals surface area contributed by atoms with E-state index in [1.54, 1.807) is 7.11 Å². The van der Waals surface area contributed by atoms with Crippen LogP contribution in [0.3, 0.4) is 0 Å². The van der Waals surface area contributed by atoms with Gasteiger partial charge in [-0.25, -0.2) is 0 Å². The quantitative estimate of drug-likeness (QED) is 0.590. The van der Waals surface area contributed by atoms with Crippen LogP contribution in [-0.4, -0.2) is 30.7 Å². The monoisotopic (exact) mass is 158 g/mol. The maximum absolute atomic E-state index is 10.3. The fourth-order valence-electron chi connectivity index (χ4n) is 1.55. The molecule has 1 aliphatic carbocycles. The summed E-state index contributed by atoms with van der Waals surface area (Å²) in [5, 5.41) is 9.39. The van der Waals surface area contributed by atoms with Crippen molar-refractivity contribution in [2.24, 2.45) is 5.92 Å². The highest BCUT2D eigenvalue weighted by molar-refractivity contribution is 5.53. The lowest BCUT2D eigenvalue weighted by Gasteiger charge is -2.29. The molecule has 0 heterocycles. The highest BCUT2D eigenvalue weighted by Gasteiger charge is 2.28. The Morgan fingerprint density at radius 1 is 1.55 bits per heavy atom. The molecule has 0 aromatic rings. The topological polar surface area (TPSA) is 46.5 Å². The lowest BCUT2D eigenvalue weighted by atomic mass is 9.86. The van der Waals surface area contributed by atoms with Crippen molar-refractivity contribution in [2.75, 3.05) is 7.11 Å². The third kappa shape index (κ3) is 2.01. The molecule has 3 nitrogen and oxygen atoms in total. The molecule has 3 heteroatoms. The van der Waals surface area contributed by atoms with E-state index in [2.05, 4.69) is 0 Å². The SMILES string of the molecule is COC1CCC(C=O)CC1O. The first kappa shape index (κ1) is 8.68. The summed E-state index contributed by atoms with van der Waals surface area (Å²) < 4.78 is 5.03. The molecule has 1 rings (SSSR count). The average molecular weight is 158 g/mol. The van der Waals surface area contributed by atoms with Gasteiger partial charge in [-0.15, -0.1) is 0 Å². The second-order valence-corrected chi connectivity index (χ2v) is 3.05. The molecule has 3 atom stereocenters. The van der Waals surface area contributed by atoms with Crippen LogP contribution >= 0.6 is 0 Å². The third-order valence-electron chi connectivity index (χ3n) is 2.29. The zero-order chi connectivity index (χ0) is 8.27. The Balaban J connectivity index is 2.40. The van der Waals surface area contributed by atoms with Crippen LogP contribution in [-0.2, 0) is 9.53 Å². The van der Waals surface area contributed by atoms with Crippen molar-refractivity contribution >= 4 is 6.29 Å². The molecule has 0 radical (unpaired) electrons. The van der Waals surface area contributed by atoms with Gasteiger partial charge in [-0.1, -0.05) is 0 Å². The van der Waals surface area contributed by atoms with E-state index in [0.717, 1.165) is 19.1 Å². The van der Waals surface area contributed by atoms with Crippen LogP contribution in [0.15, 0.2) is 0 Å². The van der Waals surface area contributed by atoms with Gasteiger partial charge in [-0.2, -0.15) is 0 Å². The van der Waals surface area contributed by atoms with E-state index in [9.17, 15) is 9.90 Å². The van der Waals surface area contributed by atoms with Crippen LogP contribution < -0.4 is 0 Å².